The Hall–Kier alpha value is -1.31. The van der Waals surface area contributed by atoms with E-state index in [-0.39, 0.29) is 5.92 Å². The van der Waals surface area contributed by atoms with Crippen molar-refractivity contribution >= 4 is 6.29 Å². The van der Waals surface area contributed by atoms with Gasteiger partial charge < -0.3 is 9.53 Å². The highest BCUT2D eigenvalue weighted by atomic mass is 16.5. The van der Waals surface area contributed by atoms with Gasteiger partial charge in [-0.15, -0.1) is 0 Å². The van der Waals surface area contributed by atoms with Crippen LogP contribution in [0.15, 0.2) is 12.1 Å². The summed E-state index contributed by atoms with van der Waals surface area (Å²) in [4.78, 5) is 10.9. The summed E-state index contributed by atoms with van der Waals surface area (Å²) in [5.41, 5.74) is 3.57. The summed E-state index contributed by atoms with van der Waals surface area (Å²) in [6.07, 6.45) is 2.00. The van der Waals surface area contributed by atoms with Crippen LogP contribution in [0.5, 0.6) is 5.75 Å². The lowest BCUT2D eigenvalue weighted by Gasteiger charge is -2.10. The molecular weight excluding hydrogens is 188 g/mol. The van der Waals surface area contributed by atoms with Gasteiger partial charge >= 0.3 is 0 Å². The first-order chi connectivity index (χ1) is 7.17. The molecule has 1 aliphatic carbocycles. The van der Waals surface area contributed by atoms with E-state index in [1.807, 2.05) is 6.92 Å². The van der Waals surface area contributed by atoms with Gasteiger partial charge in [-0.25, -0.2) is 0 Å². The van der Waals surface area contributed by atoms with Crippen LogP contribution in [-0.4, -0.2) is 13.4 Å². The largest absolute Gasteiger partial charge is 0.496 e. The number of benzene rings is 1. The van der Waals surface area contributed by atoms with Crippen LogP contribution < -0.4 is 4.74 Å². The summed E-state index contributed by atoms with van der Waals surface area (Å²) >= 11 is 0. The van der Waals surface area contributed by atoms with Crippen molar-refractivity contribution in [3.8, 4) is 5.75 Å². The molecule has 2 atom stereocenters. The lowest BCUT2D eigenvalue weighted by Crippen LogP contribution is -1.96. The number of methoxy groups -OCH3 is 1. The van der Waals surface area contributed by atoms with Gasteiger partial charge in [0.25, 0.3) is 0 Å². The molecule has 80 valence electrons. The summed E-state index contributed by atoms with van der Waals surface area (Å²) in [6.45, 7) is 4.18. The van der Waals surface area contributed by atoms with Gasteiger partial charge in [-0.3, -0.25) is 0 Å². The maximum atomic E-state index is 10.9. The van der Waals surface area contributed by atoms with Crippen molar-refractivity contribution in [3.63, 3.8) is 0 Å². The van der Waals surface area contributed by atoms with Crippen molar-refractivity contribution < 1.29 is 9.53 Å². The number of hydrogen-bond donors (Lipinski definition) is 0. The molecule has 0 aromatic heterocycles. The average molecular weight is 204 g/mol. The second kappa shape index (κ2) is 3.69. The molecule has 2 rings (SSSR count). The van der Waals surface area contributed by atoms with Gasteiger partial charge in [-0.1, -0.05) is 13.0 Å². The summed E-state index contributed by atoms with van der Waals surface area (Å²) in [5.74, 6) is 1.47. The molecule has 0 N–H and O–H groups in total. The molecular formula is C13H16O2. The molecule has 2 nitrogen and oxygen atoms in total. The average Bonchev–Trinajstić information content (AvgIpc) is 2.54. The quantitative estimate of drug-likeness (QED) is 0.692. The first-order valence-electron chi connectivity index (χ1n) is 5.31. The van der Waals surface area contributed by atoms with Crippen molar-refractivity contribution in [1.82, 2.24) is 0 Å². The molecule has 0 saturated heterocycles. The van der Waals surface area contributed by atoms with Gasteiger partial charge in [-0.2, -0.15) is 0 Å². The first kappa shape index (κ1) is 10.2. The molecule has 0 bridgehead atoms. The van der Waals surface area contributed by atoms with Gasteiger partial charge in [0.05, 0.1) is 7.11 Å². The summed E-state index contributed by atoms with van der Waals surface area (Å²) < 4.78 is 5.30. The SMILES string of the molecule is COc1cc2c(cc1C)[C@H](C=O)C[C@@H]2C. The molecule has 0 unspecified atom stereocenters. The van der Waals surface area contributed by atoms with Gasteiger partial charge in [0.2, 0.25) is 0 Å². The number of hydrogen-bond acceptors (Lipinski definition) is 2. The van der Waals surface area contributed by atoms with E-state index in [0.29, 0.717) is 5.92 Å². The Kier molecular flexibility index (Phi) is 2.51. The van der Waals surface area contributed by atoms with Crippen LogP contribution in [0.2, 0.25) is 0 Å². The molecule has 15 heavy (non-hydrogen) atoms. The summed E-state index contributed by atoms with van der Waals surface area (Å²) in [7, 11) is 1.69. The third-order valence-corrected chi connectivity index (χ3v) is 3.30. The van der Waals surface area contributed by atoms with E-state index < -0.39 is 0 Å². The first-order valence-corrected chi connectivity index (χ1v) is 5.31. The normalized spacial score (nSPS) is 23.7. The Labute approximate surface area is 90.3 Å². The molecule has 1 aromatic rings. The van der Waals surface area contributed by atoms with Crippen LogP contribution in [0.4, 0.5) is 0 Å². The third kappa shape index (κ3) is 1.54. The minimum Gasteiger partial charge on any atom is -0.496 e. The number of aryl methyl sites for hydroxylation is 1. The van der Waals surface area contributed by atoms with Crippen LogP contribution >= 0.6 is 0 Å². The van der Waals surface area contributed by atoms with Crippen LogP contribution in [0.3, 0.4) is 0 Å². The van der Waals surface area contributed by atoms with Gasteiger partial charge in [0.1, 0.15) is 12.0 Å². The smallest absolute Gasteiger partial charge is 0.127 e. The molecule has 0 spiro atoms. The highest BCUT2D eigenvalue weighted by Gasteiger charge is 2.28. The zero-order valence-electron chi connectivity index (χ0n) is 9.41. The molecule has 0 amide bonds. The fraction of sp³-hybridized carbons (Fsp3) is 0.462. The molecule has 1 aliphatic rings. The molecule has 0 radical (unpaired) electrons. The van der Waals surface area contributed by atoms with Gasteiger partial charge in [0.15, 0.2) is 0 Å². The molecule has 0 saturated carbocycles. The standard InChI is InChI=1S/C13H16O2/c1-8-4-10(7-14)12-5-9(2)13(15-3)6-11(8)12/h5-8,10H,4H2,1-3H3/t8-,10-/m0/s1. The van der Waals surface area contributed by atoms with E-state index in [4.69, 9.17) is 4.74 Å². The zero-order valence-corrected chi connectivity index (χ0v) is 9.41. The Bertz CT molecular complexity index is 396. The van der Waals surface area contributed by atoms with Crippen LogP contribution in [0.25, 0.3) is 0 Å². The van der Waals surface area contributed by atoms with E-state index in [0.717, 1.165) is 24.0 Å². The van der Waals surface area contributed by atoms with Crippen molar-refractivity contribution in [3.05, 3.63) is 28.8 Å². The Morgan fingerprint density at radius 2 is 2.13 bits per heavy atom. The van der Waals surface area contributed by atoms with E-state index in [1.165, 1.54) is 11.1 Å². The van der Waals surface area contributed by atoms with Crippen LogP contribution in [0, 0.1) is 6.92 Å². The lowest BCUT2D eigenvalue weighted by molar-refractivity contribution is -0.109. The van der Waals surface area contributed by atoms with Gasteiger partial charge in [-0.05, 0) is 42.0 Å². The number of carbonyl (C=O) groups excluding carboxylic acids is 1. The third-order valence-electron chi connectivity index (χ3n) is 3.30. The van der Waals surface area contributed by atoms with Crippen molar-refractivity contribution in [1.29, 1.82) is 0 Å². The van der Waals surface area contributed by atoms with Crippen molar-refractivity contribution in [2.45, 2.75) is 32.1 Å². The lowest BCUT2D eigenvalue weighted by atomic mass is 9.99. The minimum absolute atomic E-state index is 0.0830. The predicted molar refractivity (Wildman–Crippen MR) is 59.6 cm³/mol. The minimum atomic E-state index is 0.0830. The molecule has 1 aromatic carbocycles. The predicted octanol–water partition coefficient (Wildman–Crippen LogP) is 2.79. The molecule has 2 heteroatoms. The van der Waals surface area contributed by atoms with Crippen molar-refractivity contribution in [2.75, 3.05) is 7.11 Å². The Morgan fingerprint density at radius 3 is 2.73 bits per heavy atom. The number of aldehydes is 1. The highest BCUT2D eigenvalue weighted by molar-refractivity contribution is 5.67. The van der Waals surface area contributed by atoms with E-state index in [2.05, 4.69) is 19.1 Å². The second-order valence-electron chi connectivity index (χ2n) is 4.33. The number of ether oxygens (including phenoxy) is 1. The number of carbonyl (C=O) groups is 1. The Balaban J connectivity index is 2.54. The topological polar surface area (TPSA) is 26.3 Å². The van der Waals surface area contributed by atoms with E-state index >= 15 is 0 Å². The van der Waals surface area contributed by atoms with E-state index in [9.17, 15) is 4.79 Å². The fourth-order valence-electron chi connectivity index (χ4n) is 2.46. The highest BCUT2D eigenvalue weighted by Crippen LogP contribution is 2.42. The summed E-state index contributed by atoms with van der Waals surface area (Å²) in [6, 6.07) is 4.18. The van der Waals surface area contributed by atoms with Crippen LogP contribution in [0.1, 0.15) is 41.9 Å². The summed E-state index contributed by atoms with van der Waals surface area (Å²) in [5, 5.41) is 0. The Morgan fingerprint density at radius 1 is 1.40 bits per heavy atom. The van der Waals surface area contributed by atoms with Crippen LogP contribution in [-0.2, 0) is 4.79 Å². The monoisotopic (exact) mass is 204 g/mol. The number of fused-ring (bicyclic) bond motifs is 1. The maximum absolute atomic E-state index is 10.9. The van der Waals surface area contributed by atoms with E-state index in [1.54, 1.807) is 7.11 Å². The number of rotatable bonds is 2. The molecule has 0 aliphatic heterocycles. The molecule has 0 heterocycles. The molecule has 0 fully saturated rings. The van der Waals surface area contributed by atoms with Crippen molar-refractivity contribution in [2.24, 2.45) is 0 Å². The zero-order chi connectivity index (χ0) is 11.0. The second-order valence-corrected chi connectivity index (χ2v) is 4.33. The maximum Gasteiger partial charge on any atom is 0.127 e. The van der Waals surface area contributed by atoms with Gasteiger partial charge in [0, 0.05) is 5.92 Å². The fourth-order valence-corrected chi connectivity index (χ4v) is 2.46.